The highest BCUT2D eigenvalue weighted by Crippen LogP contribution is 2.42. The first-order chi connectivity index (χ1) is 30.5. The van der Waals surface area contributed by atoms with Crippen molar-refractivity contribution in [3.8, 4) is 0 Å². The number of carbonyl (C=O) groups is 4. The minimum absolute atomic E-state index is 0.00850. The van der Waals surface area contributed by atoms with Crippen molar-refractivity contribution in [3.63, 3.8) is 0 Å². The number of unbranched alkanes of at least 4 members (excludes halogenated alkanes) is 29. The van der Waals surface area contributed by atoms with Gasteiger partial charge in [0, 0.05) is 32.2 Å². The summed E-state index contributed by atoms with van der Waals surface area (Å²) in [4.78, 5) is 54.4. The van der Waals surface area contributed by atoms with E-state index in [9.17, 15) is 28.6 Å². The van der Waals surface area contributed by atoms with Gasteiger partial charge in [-0.1, -0.05) is 221 Å². The molecule has 0 fully saturated rings. The Morgan fingerprint density at radius 2 is 0.825 bits per heavy atom. The van der Waals surface area contributed by atoms with Gasteiger partial charge in [0.2, 0.25) is 5.91 Å². The summed E-state index contributed by atoms with van der Waals surface area (Å²) in [7, 11) is -3.69. The SMILES string of the molecule is CC.CC.CCCCCCCCCCCCCCCCCC(=O)O.CCCCCCCCCCCCCCCCCC(=O)OCCCCP(=O)(O)OCCCNC(=O)CCC(C)=O. The van der Waals surface area contributed by atoms with Crippen LogP contribution >= 0.6 is 7.60 Å². The van der Waals surface area contributed by atoms with Crippen molar-refractivity contribution in [1.82, 2.24) is 5.32 Å². The Kier molecular flexibility index (Phi) is 62.7. The molecule has 11 heteroatoms. The first-order valence-corrected chi connectivity index (χ1v) is 28.4. The van der Waals surface area contributed by atoms with Gasteiger partial charge < -0.3 is 29.4 Å². The van der Waals surface area contributed by atoms with Gasteiger partial charge in [-0.2, -0.15) is 0 Å². The molecule has 0 aromatic carbocycles. The monoisotopic (exact) mass is 920 g/mol. The molecule has 0 saturated heterocycles. The van der Waals surface area contributed by atoms with E-state index in [0.29, 0.717) is 38.6 Å². The number of carboxylic acids is 1. The number of aliphatic carboxylic acids is 1. The summed E-state index contributed by atoms with van der Waals surface area (Å²) in [5.41, 5.74) is 0. The second-order valence-electron chi connectivity index (χ2n) is 16.8. The molecule has 0 heterocycles. The Morgan fingerprint density at radius 3 is 1.19 bits per heavy atom. The predicted molar refractivity (Wildman–Crippen MR) is 268 cm³/mol. The second-order valence-corrected chi connectivity index (χ2v) is 18.8. The Balaban J connectivity index is -0.000000607. The number of hydrogen-bond acceptors (Lipinski definition) is 7. The molecule has 378 valence electrons. The maximum absolute atomic E-state index is 12.1. The lowest BCUT2D eigenvalue weighted by Gasteiger charge is -2.12. The van der Waals surface area contributed by atoms with E-state index in [0.717, 1.165) is 25.7 Å². The molecule has 0 aliphatic heterocycles. The smallest absolute Gasteiger partial charge is 0.328 e. The van der Waals surface area contributed by atoms with Gasteiger partial charge in [0.05, 0.1) is 19.4 Å². The Labute approximate surface area is 390 Å². The molecule has 0 spiro atoms. The number of esters is 1. The third kappa shape index (κ3) is 67.0. The van der Waals surface area contributed by atoms with Crippen LogP contribution in [0.15, 0.2) is 0 Å². The first-order valence-electron chi connectivity index (χ1n) is 26.6. The van der Waals surface area contributed by atoms with Crippen LogP contribution < -0.4 is 5.32 Å². The molecule has 1 atom stereocenters. The molecule has 63 heavy (non-hydrogen) atoms. The number of ether oxygens (including phenoxy) is 1. The van der Waals surface area contributed by atoms with Crippen LogP contribution in [-0.2, 0) is 33.0 Å². The van der Waals surface area contributed by atoms with Crippen molar-refractivity contribution in [1.29, 1.82) is 0 Å². The minimum Gasteiger partial charge on any atom is -0.481 e. The van der Waals surface area contributed by atoms with Gasteiger partial charge in [-0.05, 0) is 39.0 Å². The van der Waals surface area contributed by atoms with Gasteiger partial charge in [-0.15, -0.1) is 0 Å². The molecule has 1 unspecified atom stereocenters. The van der Waals surface area contributed by atoms with Crippen molar-refractivity contribution < 1.29 is 43.0 Å². The number of Topliss-reactive ketones (excluding diaryl/α,β-unsaturated/α-hetero) is 1. The summed E-state index contributed by atoms with van der Waals surface area (Å²) >= 11 is 0. The van der Waals surface area contributed by atoms with E-state index in [-0.39, 0.29) is 49.9 Å². The molecule has 0 aromatic heterocycles. The highest BCUT2D eigenvalue weighted by Gasteiger charge is 2.18. The van der Waals surface area contributed by atoms with Gasteiger partial charge in [0.1, 0.15) is 5.78 Å². The molecule has 10 nitrogen and oxygen atoms in total. The molecule has 0 aliphatic carbocycles. The highest BCUT2D eigenvalue weighted by molar-refractivity contribution is 7.52. The third-order valence-electron chi connectivity index (χ3n) is 10.7. The van der Waals surface area contributed by atoms with Crippen molar-refractivity contribution in [3.05, 3.63) is 0 Å². The van der Waals surface area contributed by atoms with E-state index in [2.05, 4.69) is 19.2 Å². The lowest BCUT2D eigenvalue weighted by atomic mass is 10.0. The zero-order chi connectivity index (χ0) is 47.9. The second kappa shape index (κ2) is 58.2. The van der Waals surface area contributed by atoms with Crippen LogP contribution in [0.2, 0.25) is 0 Å². The minimum atomic E-state index is -3.69. The van der Waals surface area contributed by atoms with Gasteiger partial charge >= 0.3 is 19.5 Å². The van der Waals surface area contributed by atoms with Gasteiger partial charge in [-0.3, -0.25) is 18.9 Å². The number of carbonyl (C=O) groups excluding carboxylic acids is 3. The summed E-state index contributed by atoms with van der Waals surface area (Å²) in [6, 6.07) is 0. The highest BCUT2D eigenvalue weighted by atomic mass is 31.2. The number of ketones is 1. The topological polar surface area (TPSA) is 156 Å². The van der Waals surface area contributed by atoms with Crippen LogP contribution in [0.3, 0.4) is 0 Å². The molecule has 0 aliphatic rings. The molecule has 0 rings (SSSR count). The molecular weight excluding hydrogens is 814 g/mol. The zero-order valence-corrected chi connectivity index (χ0v) is 43.6. The van der Waals surface area contributed by atoms with Gasteiger partial charge in [0.25, 0.3) is 0 Å². The molecule has 1 amide bonds. The van der Waals surface area contributed by atoms with E-state index in [1.54, 1.807) is 0 Å². The third-order valence-corrected chi connectivity index (χ3v) is 12.2. The molecule has 0 saturated carbocycles. The van der Waals surface area contributed by atoms with Gasteiger partial charge in [0.15, 0.2) is 0 Å². The molecule has 3 N–H and O–H groups in total. The summed E-state index contributed by atoms with van der Waals surface area (Å²) in [6.07, 6.45) is 41.7. The normalized spacial score (nSPS) is 11.5. The van der Waals surface area contributed by atoms with Crippen molar-refractivity contribution in [2.24, 2.45) is 0 Å². The fourth-order valence-electron chi connectivity index (χ4n) is 6.91. The van der Waals surface area contributed by atoms with E-state index in [1.807, 2.05) is 27.7 Å². The first kappa shape index (κ1) is 67.8. The van der Waals surface area contributed by atoms with Crippen molar-refractivity contribution >= 4 is 31.2 Å². The van der Waals surface area contributed by atoms with Crippen molar-refractivity contribution in [2.75, 3.05) is 25.9 Å². The Hall–Kier alpha value is -1.77. The number of rotatable bonds is 45. The molecular formula is C52H106NO9P. The lowest BCUT2D eigenvalue weighted by Crippen LogP contribution is -2.25. The maximum atomic E-state index is 12.1. The summed E-state index contributed by atoms with van der Waals surface area (Å²) in [5, 5.41) is 11.2. The van der Waals surface area contributed by atoms with E-state index in [1.165, 1.54) is 174 Å². The van der Waals surface area contributed by atoms with E-state index < -0.39 is 13.6 Å². The number of nitrogens with one attached hydrogen (secondary N) is 1. The van der Waals surface area contributed by atoms with Crippen molar-refractivity contribution in [2.45, 2.75) is 286 Å². The quantitative estimate of drug-likeness (QED) is 0.0307. The predicted octanol–water partition coefficient (Wildman–Crippen LogP) is 16.0. The molecule has 0 aromatic rings. The van der Waals surface area contributed by atoms with Crippen LogP contribution in [0.5, 0.6) is 0 Å². The van der Waals surface area contributed by atoms with Crippen LogP contribution in [-0.4, -0.2) is 59.5 Å². The standard InChI is InChI=1S/C30H58NO7P.C18H36O2.2C2H6/c1-3-4-5-6-7-8-9-10-11-12-13-14-15-16-17-21-30(34)37-25-18-19-27-39(35,36)38-26-20-24-31-29(33)23-22-28(2)32;1-2-3-4-5-6-7-8-9-10-11-12-13-14-15-16-17-18(19)20;2*1-2/h3-27H2,1-2H3,(H,31,33)(H,35,36);2-17H2,1H3,(H,19,20);2*1-2H3. The molecule has 0 bridgehead atoms. The van der Waals surface area contributed by atoms with E-state index >= 15 is 0 Å². The number of hydrogen-bond donors (Lipinski definition) is 3. The summed E-state index contributed by atoms with van der Waals surface area (Å²) in [5.74, 6) is -1.10. The fraction of sp³-hybridized carbons (Fsp3) is 0.923. The van der Waals surface area contributed by atoms with E-state index in [4.69, 9.17) is 14.4 Å². The van der Waals surface area contributed by atoms with Crippen LogP contribution in [0.25, 0.3) is 0 Å². The largest absolute Gasteiger partial charge is 0.481 e. The van der Waals surface area contributed by atoms with Crippen LogP contribution in [0.1, 0.15) is 286 Å². The number of amides is 1. The zero-order valence-electron chi connectivity index (χ0n) is 42.7. The average molecular weight is 920 g/mol. The summed E-state index contributed by atoms with van der Waals surface area (Å²) in [6.45, 7) is 14.6. The van der Waals surface area contributed by atoms with Gasteiger partial charge in [-0.25, -0.2) is 0 Å². The van der Waals surface area contributed by atoms with Crippen LogP contribution in [0.4, 0.5) is 0 Å². The Bertz CT molecular complexity index is 1010. The average Bonchev–Trinajstić information content (AvgIpc) is 3.26. The number of carboxylic acid groups (broad SMARTS) is 1. The summed E-state index contributed by atoms with van der Waals surface area (Å²) < 4.78 is 22.4. The maximum Gasteiger partial charge on any atom is 0.328 e. The molecule has 0 radical (unpaired) electrons. The van der Waals surface area contributed by atoms with Crippen LogP contribution in [0, 0.1) is 0 Å². The Morgan fingerprint density at radius 1 is 0.460 bits per heavy atom. The fourth-order valence-corrected chi connectivity index (χ4v) is 8.08. The lowest BCUT2D eigenvalue weighted by molar-refractivity contribution is -0.144.